The van der Waals surface area contributed by atoms with Crippen molar-refractivity contribution in [2.24, 2.45) is 0 Å². The molecule has 0 aliphatic heterocycles. The van der Waals surface area contributed by atoms with Gasteiger partial charge in [-0.25, -0.2) is 4.79 Å². The summed E-state index contributed by atoms with van der Waals surface area (Å²) in [7, 11) is -8.76. The van der Waals surface area contributed by atoms with Crippen LogP contribution in [0.2, 0.25) is 0 Å². The molecule has 0 fully saturated rings. The second-order valence-electron chi connectivity index (χ2n) is 7.03. The minimum absolute atomic E-state index is 0.00159. The highest BCUT2D eigenvalue weighted by Crippen LogP contribution is 3.02. The van der Waals surface area contributed by atoms with Crippen LogP contribution in [0.1, 0.15) is 33.2 Å². The van der Waals surface area contributed by atoms with E-state index in [1.807, 2.05) is 6.07 Å². The Morgan fingerprint density at radius 2 is 1.64 bits per heavy atom. The molecule has 1 atom stereocenters. The molecule has 0 spiro atoms. The third kappa shape index (κ3) is 6.57. The SMILES string of the molecule is COC(=O)c1cc(C#N)cc(OCC(C)(C#N)NC(=O)c2ccc(S(F)(F)(F)(F)F)cc2)c1. The van der Waals surface area contributed by atoms with E-state index >= 15 is 0 Å². The van der Waals surface area contributed by atoms with E-state index in [0.29, 0.717) is 12.1 Å². The number of hydrogen-bond acceptors (Lipinski definition) is 6. The number of carbonyl (C=O) groups is 2. The second-order valence-corrected chi connectivity index (χ2v) is 9.44. The lowest BCUT2D eigenvalue weighted by molar-refractivity contribution is 0.0600. The van der Waals surface area contributed by atoms with Crippen LogP contribution in [0.25, 0.3) is 0 Å². The minimum Gasteiger partial charge on any atom is -0.490 e. The first-order valence-electron chi connectivity index (χ1n) is 8.84. The summed E-state index contributed by atoms with van der Waals surface area (Å²) >= 11 is 0. The molecule has 2 aromatic rings. The lowest BCUT2D eigenvalue weighted by Gasteiger charge is -2.40. The Morgan fingerprint density at radius 3 is 2.12 bits per heavy atom. The lowest BCUT2D eigenvalue weighted by Crippen LogP contribution is -2.49. The molecule has 2 aromatic carbocycles. The maximum atomic E-state index is 12.8. The average Bonchev–Trinajstić information content (AvgIpc) is 2.75. The molecule has 13 heteroatoms. The third-order valence-electron chi connectivity index (χ3n) is 4.18. The number of methoxy groups -OCH3 is 1. The van der Waals surface area contributed by atoms with Crippen LogP contribution in [0.15, 0.2) is 47.4 Å². The van der Waals surface area contributed by atoms with Crippen molar-refractivity contribution in [3.05, 3.63) is 59.2 Å². The van der Waals surface area contributed by atoms with Crippen LogP contribution in [0, 0.1) is 22.7 Å². The molecule has 0 aromatic heterocycles. The van der Waals surface area contributed by atoms with Crippen molar-refractivity contribution < 1.29 is 38.5 Å². The van der Waals surface area contributed by atoms with Gasteiger partial charge in [0.1, 0.15) is 17.3 Å². The molecule has 0 aliphatic carbocycles. The average molecular weight is 489 g/mol. The highest BCUT2D eigenvalue weighted by atomic mass is 32.5. The van der Waals surface area contributed by atoms with E-state index in [2.05, 4.69) is 10.1 Å². The number of rotatable bonds is 7. The Bertz CT molecular complexity index is 1190. The van der Waals surface area contributed by atoms with Gasteiger partial charge in [0.15, 0.2) is 5.54 Å². The van der Waals surface area contributed by atoms with Crippen LogP contribution in [0.5, 0.6) is 5.75 Å². The highest BCUT2D eigenvalue weighted by molar-refractivity contribution is 8.45. The van der Waals surface area contributed by atoms with Gasteiger partial charge in [-0.3, -0.25) is 4.79 Å². The van der Waals surface area contributed by atoms with Gasteiger partial charge in [0.2, 0.25) is 0 Å². The predicted molar refractivity (Wildman–Crippen MR) is 107 cm³/mol. The summed E-state index contributed by atoms with van der Waals surface area (Å²) < 4.78 is 74.1. The van der Waals surface area contributed by atoms with E-state index in [1.165, 1.54) is 25.1 Å². The molecule has 0 saturated carbocycles. The lowest BCUT2D eigenvalue weighted by atomic mass is 10.0. The van der Waals surface area contributed by atoms with Gasteiger partial charge in [-0.15, -0.1) is 0 Å². The number of benzene rings is 2. The van der Waals surface area contributed by atoms with E-state index in [1.54, 1.807) is 6.07 Å². The molecule has 1 amide bonds. The van der Waals surface area contributed by atoms with E-state index in [9.17, 15) is 34.3 Å². The van der Waals surface area contributed by atoms with Gasteiger partial charge in [-0.1, -0.05) is 19.4 Å². The summed E-state index contributed by atoms with van der Waals surface area (Å²) in [4.78, 5) is 21.9. The molecule has 0 radical (unpaired) electrons. The maximum Gasteiger partial charge on any atom is 0.338 e. The Labute approximate surface area is 185 Å². The van der Waals surface area contributed by atoms with Crippen molar-refractivity contribution in [1.82, 2.24) is 5.32 Å². The first kappa shape index (κ1) is 25.4. The van der Waals surface area contributed by atoms with Crippen molar-refractivity contribution in [3.8, 4) is 17.9 Å². The predicted octanol–water partition coefficient (Wildman–Crippen LogP) is 5.09. The molecular formula is C20H16F5N3O4S. The van der Waals surface area contributed by atoms with Crippen LogP contribution in [-0.2, 0) is 4.74 Å². The normalized spacial score (nSPS) is 14.9. The maximum absolute atomic E-state index is 12.8. The number of nitriles is 2. The van der Waals surface area contributed by atoms with Crippen molar-refractivity contribution in [2.45, 2.75) is 17.4 Å². The Morgan fingerprint density at radius 1 is 1.03 bits per heavy atom. The largest absolute Gasteiger partial charge is 0.490 e. The fourth-order valence-electron chi connectivity index (χ4n) is 2.49. The quantitative estimate of drug-likeness (QED) is 0.428. The van der Waals surface area contributed by atoms with Crippen LogP contribution >= 0.6 is 10.2 Å². The molecule has 0 saturated heterocycles. The Kier molecular flexibility index (Phi) is 6.11. The van der Waals surface area contributed by atoms with Gasteiger partial charge < -0.3 is 14.8 Å². The molecule has 1 unspecified atom stereocenters. The zero-order chi connectivity index (χ0) is 25.1. The van der Waals surface area contributed by atoms with Crippen molar-refractivity contribution in [3.63, 3.8) is 0 Å². The van der Waals surface area contributed by atoms with E-state index in [0.717, 1.165) is 7.11 Å². The number of hydrogen-bond donors (Lipinski definition) is 1. The topological polar surface area (TPSA) is 112 Å². The monoisotopic (exact) mass is 489 g/mol. The number of ether oxygens (including phenoxy) is 2. The summed E-state index contributed by atoms with van der Waals surface area (Å²) in [5.74, 6) is -1.76. The zero-order valence-electron chi connectivity index (χ0n) is 17.1. The van der Waals surface area contributed by atoms with E-state index < -0.39 is 44.7 Å². The molecule has 176 valence electrons. The van der Waals surface area contributed by atoms with Crippen LogP contribution in [0.4, 0.5) is 19.4 Å². The molecular weight excluding hydrogens is 473 g/mol. The molecule has 33 heavy (non-hydrogen) atoms. The molecule has 0 bridgehead atoms. The number of nitrogens with zero attached hydrogens (tertiary/aromatic N) is 2. The van der Waals surface area contributed by atoms with E-state index in [-0.39, 0.29) is 29.0 Å². The smallest absolute Gasteiger partial charge is 0.338 e. The first-order chi connectivity index (χ1) is 15.0. The van der Waals surface area contributed by atoms with Gasteiger partial charge in [-0.2, -0.15) is 10.5 Å². The highest BCUT2D eigenvalue weighted by Gasteiger charge is 2.65. The van der Waals surface area contributed by atoms with Crippen LogP contribution in [0.3, 0.4) is 0 Å². The number of nitrogens with one attached hydrogen (secondary N) is 1. The van der Waals surface area contributed by atoms with Gasteiger partial charge in [0.25, 0.3) is 5.91 Å². The summed E-state index contributed by atoms with van der Waals surface area (Å²) in [5.41, 5.74) is -2.07. The van der Waals surface area contributed by atoms with Gasteiger partial charge in [-0.05, 0) is 49.4 Å². The number of halogens is 5. The summed E-state index contributed by atoms with van der Waals surface area (Å²) in [6.45, 7) is 0.748. The summed E-state index contributed by atoms with van der Waals surface area (Å²) in [6.07, 6.45) is 0. The fourth-order valence-corrected chi connectivity index (χ4v) is 3.14. The van der Waals surface area contributed by atoms with Crippen molar-refractivity contribution in [2.75, 3.05) is 13.7 Å². The number of amides is 1. The van der Waals surface area contributed by atoms with Crippen LogP contribution in [-0.4, -0.2) is 31.1 Å². The molecule has 7 nitrogen and oxygen atoms in total. The zero-order valence-corrected chi connectivity index (χ0v) is 17.9. The fraction of sp³-hybridized carbons (Fsp3) is 0.200. The summed E-state index contributed by atoms with van der Waals surface area (Å²) in [5, 5.41) is 20.8. The van der Waals surface area contributed by atoms with Crippen LogP contribution < -0.4 is 10.1 Å². The standard InChI is InChI=1S/C20H16F5N3O4S/c1-20(11-27,12-32-16-8-13(10-26)7-15(9-16)19(30)31-2)28-18(29)14-3-5-17(6-4-14)33(21,22,23,24)25/h3-9H,12H2,1-2H3,(H,28,29). The molecule has 0 heterocycles. The third-order valence-corrected chi connectivity index (χ3v) is 5.35. The van der Waals surface area contributed by atoms with Crippen molar-refractivity contribution in [1.29, 1.82) is 10.5 Å². The van der Waals surface area contributed by atoms with Gasteiger partial charge in [0, 0.05) is 5.56 Å². The number of esters is 1. The van der Waals surface area contributed by atoms with Gasteiger partial charge in [0.05, 0.1) is 30.4 Å². The Hall–Kier alpha value is -3.84. The molecule has 1 N–H and O–H groups in total. The first-order valence-corrected chi connectivity index (χ1v) is 10.8. The molecule has 2 rings (SSSR count). The van der Waals surface area contributed by atoms with E-state index in [4.69, 9.17) is 10.00 Å². The minimum atomic E-state index is -9.89. The number of carbonyl (C=O) groups excluding carboxylic acids is 2. The van der Waals surface area contributed by atoms with Gasteiger partial charge >= 0.3 is 16.2 Å². The summed E-state index contributed by atoms with van der Waals surface area (Å²) in [6, 6.07) is 8.62. The Balaban J connectivity index is 2.19. The van der Waals surface area contributed by atoms with Crippen molar-refractivity contribution >= 4 is 22.1 Å². The molecule has 0 aliphatic rings. The second kappa shape index (κ2) is 7.94.